The van der Waals surface area contributed by atoms with Crippen LogP contribution in [0, 0.1) is 0 Å². The number of guanidine groups is 1. The van der Waals surface area contributed by atoms with Crippen LogP contribution < -0.4 is 10.6 Å². The molecule has 0 saturated carbocycles. The van der Waals surface area contributed by atoms with Crippen molar-refractivity contribution in [1.82, 2.24) is 10.6 Å². The number of hydrogen-bond acceptors (Lipinski definition) is 2. The lowest BCUT2D eigenvalue weighted by atomic mass is 10.2. The molecule has 2 rings (SSSR count). The number of nitrogens with zero attached hydrogens (tertiary/aromatic N) is 1. The minimum Gasteiger partial charge on any atom is -0.357 e. The van der Waals surface area contributed by atoms with Gasteiger partial charge in [-0.2, -0.15) is 0 Å². The summed E-state index contributed by atoms with van der Waals surface area (Å²) in [4.78, 5) is 5.91. The summed E-state index contributed by atoms with van der Waals surface area (Å²) < 4.78 is 0. The molecule has 0 atom stereocenters. The highest BCUT2D eigenvalue weighted by Crippen LogP contribution is 2.14. The Morgan fingerprint density at radius 2 is 1.65 bits per heavy atom. The van der Waals surface area contributed by atoms with Crippen molar-refractivity contribution in [1.29, 1.82) is 0 Å². The van der Waals surface area contributed by atoms with Gasteiger partial charge in [-0.3, -0.25) is 0 Å². The summed E-state index contributed by atoms with van der Waals surface area (Å²) in [6.07, 6.45) is 2.09. The van der Waals surface area contributed by atoms with Crippen LogP contribution in [-0.2, 0) is 13.1 Å². The summed E-state index contributed by atoms with van der Waals surface area (Å²) in [7, 11) is 0. The second kappa shape index (κ2) is 11.3. The lowest BCUT2D eigenvalue weighted by molar-refractivity contribution is 0.815. The van der Waals surface area contributed by atoms with Gasteiger partial charge in [-0.15, -0.1) is 35.7 Å². The number of aliphatic imine (C=N–C) groups is 1. The van der Waals surface area contributed by atoms with Gasteiger partial charge in [0.15, 0.2) is 5.96 Å². The number of halogens is 1. The fourth-order valence-corrected chi connectivity index (χ4v) is 2.43. The minimum absolute atomic E-state index is 0. The standard InChI is InChI=1S/C18H23N3S.HI/c1-3-19-18(20-13-15-7-5-4-6-8-15)21-14-16-9-11-17(22-2)12-10-16;/h4-12H,3,13-14H2,1-2H3,(H2,19,20,21);1H. The maximum atomic E-state index is 4.62. The van der Waals surface area contributed by atoms with Crippen LogP contribution in [0.3, 0.4) is 0 Å². The van der Waals surface area contributed by atoms with Gasteiger partial charge in [0.25, 0.3) is 0 Å². The third-order valence-corrected chi connectivity index (χ3v) is 3.97. The Labute approximate surface area is 160 Å². The Balaban J connectivity index is 0.00000264. The molecule has 2 N–H and O–H groups in total. The molecule has 3 nitrogen and oxygen atoms in total. The number of benzene rings is 2. The van der Waals surface area contributed by atoms with E-state index in [-0.39, 0.29) is 24.0 Å². The van der Waals surface area contributed by atoms with Gasteiger partial charge in [0.05, 0.1) is 6.54 Å². The first kappa shape index (κ1) is 19.8. The van der Waals surface area contributed by atoms with Gasteiger partial charge in [0.2, 0.25) is 0 Å². The Hall–Kier alpha value is -1.21. The third-order valence-electron chi connectivity index (χ3n) is 3.23. The minimum atomic E-state index is 0. The van der Waals surface area contributed by atoms with E-state index in [0.717, 1.165) is 19.0 Å². The summed E-state index contributed by atoms with van der Waals surface area (Å²) in [5.41, 5.74) is 2.46. The summed E-state index contributed by atoms with van der Waals surface area (Å²) in [6, 6.07) is 18.9. The van der Waals surface area contributed by atoms with E-state index in [2.05, 4.69) is 65.2 Å². The fraction of sp³-hybridized carbons (Fsp3) is 0.278. The number of nitrogens with one attached hydrogen (secondary N) is 2. The number of rotatable bonds is 6. The zero-order valence-electron chi connectivity index (χ0n) is 13.6. The maximum absolute atomic E-state index is 4.62. The molecule has 0 aromatic heterocycles. The summed E-state index contributed by atoms with van der Waals surface area (Å²) >= 11 is 1.76. The first-order valence-corrected chi connectivity index (χ1v) is 8.73. The Kier molecular flexibility index (Phi) is 9.78. The van der Waals surface area contributed by atoms with Crippen molar-refractivity contribution in [2.45, 2.75) is 24.9 Å². The first-order chi connectivity index (χ1) is 10.8. The molecule has 0 heterocycles. The Bertz CT molecular complexity index is 585. The average molecular weight is 441 g/mol. The van der Waals surface area contributed by atoms with Crippen LogP contribution in [-0.4, -0.2) is 18.8 Å². The zero-order valence-corrected chi connectivity index (χ0v) is 16.7. The van der Waals surface area contributed by atoms with Crippen LogP contribution in [0.1, 0.15) is 18.1 Å². The maximum Gasteiger partial charge on any atom is 0.191 e. The van der Waals surface area contributed by atoms with Gasteiger partial charge in [-0.05, 0) is 36.4 Å². The van der Waals surface area contributed by atoms with E-state index in [0.29, 0.717) is 6.54 Å². The van der Waals surface area contributed by atoms with Crippen LogP contribution in [0.25, 0.3) is 0 Å². The third kappa shape index (κ3) is 7.26. The molecule has 0 amide bonds. The van der Waals surface area contributed by atoms with E-state index < -0.39 is 0 Å². The van der Waals surface area contributed by atoms with Crippen molar-refractivity contribution in [3.8, 4) is 0 Å². The highest BCUT2D eigenvalue weighted by Gasteiger charge is 1.99. The molecule has 5 heteroatoms. The largest absolute Gasteiger partial charge is 0.357 e. The van der Waals surface area contributed by atoms with Crippen molar-refractivity contribution in [2.75, 3.05) is 12.8 Å². The molecule has 0 spiro atoms. The van der Waals surface area contributed by atoms with Crippen molar-refractivity contribution >= 4 is 41.7 Å². The summed E-state index contributed by atoms with van der Waals surface area (Å²) in [5.74, 6) is 0.847. The predicted octanol–water partition coefficient (Wildman–Crippen LogP) is 4.28. The van der Waals surface area contributed by atoms with E-state index in [4.69, 9.17) is 0 Å². The van der Waals surface area contributed by atoms with Crippen molar-refractivity contribution in [3.63, 3.8) is 0 Å². The molecule has 0 unspecified atom stereocenters. The molecule has 2 aromatic rings. The average Bonchev–Trinajstić information content (AvgIpc) is 2.59. The van der Waals surface area contributed by atoms with E-state index in [9.17, 15) is 0 Å². The van der Waals surface area contributed by atoms with Crippen LogP contribution >= 0.6 is 35.7 Å². The highest BCUT2D eigenvalue weighted by molar-refractivity contribution is 14.0. The molecule has 0 aliphatic rings. The highest BCUT2D eigenvalue weighted by atomic mass is 127. The number of hydrogen-bond donors (Lipinski definition) is 2. The van der Waals surface area contributed by atoms with Crippen molar-refractivity contribution in [2.24, 2.45) is 4.99 Å². The molecule has 0 bridgehead atoms. The van der Waals surface area contributed by atoms with E-state index in [1.807, 2.05) is 18.2 Å². The van der Waals surface area contributed by atoms with Crippen molar-refractivity contribution in [3.05, 3.63) is 65.7 Å². The predicted molar refractivity (Wildman–Crippen MR) is 112 cm³/mol. The zero-order chi connectivity index (χ0) is 15.6. The molecular weight excluding hydrogens is 417 g/mol. The second-order valence-corrected chi connectivity index (χ2v) is 5.76. The van der Waals surface area contributed by atoms with Gasteiger partial charge in [0.1, 0.15) is 0 Å². The molecule has 0 aliphatic heterocycles. The summed E-state index contributed by atoms with van der Waals surface area (Å²) in [6.45, 7) is 4.38. The van der Waals surface area contributed by atoms with Crippen LogP contribution in [0.15, 0.2) is 64.5 Å². The summed E-state index contributed by atoms with van der Waals surface area (Å²) in [5, 5.41) is 6.66. The fourth-order valence-electron chi connectivity index (χ4n) is 2.02. The molecule has 23 heavy (non-hydrogen) atoms. The topological polar surface area (TPSA) is 36.4 Å². The first-order valence-electron chi connectivity index (χ1n) is 7.51. The van der Waals surface area contributed by atoms with Gasteiger partial charge in [0, 0.05) is 18.0 Å². The van der Waals surface area contributed by atoms with Crippen molar-refractivity contribution < 1.29 is 0 Å². The molecular formula is C18H24IN3S. The number of thioether (sulfide) groups is 1. The molecule has 124 valence electrons. The molecule has 2 aromatic carbocycles. The monoisotopic (exact) mass is 441 g/mol. The van der Waals surface area contributed by atoms with Crippen LogP contribution in [0.2, 0.25) is 0 Å². The quantitative estimate of drug-likeness (QED) is 0.304. The van der Waals surface area contributed by atoms with Crippen LogP contribution in [0.5, 0.6) is 0 Å². The van der Waals surface area contributed by atoms with Gasteiger partial charge < -0.3 is 10.6 Å². The molecule has 0 fully saturated rings. The normalized spacial score (nSPS) is 10.8. The smallest absolute Gasteiger partial charge is 0.191 e. The van der Waals surface area contributed by atoms with Gasteiger partial charge in [-0.1, -0.05) is 42.5 Å². The van der Waals surface area contributed by atoms with E-state index in [1.54, 1.807) is 11.8 Å². The van der Waals surface area contributed by atoms with Crippen LogP contribution in [0.4, 0.5) is 0 Å². The molecule has 0 aliphatic carbocycles. The lowest BCUT2D eigenvalue weighted by Gasteiger charge is -2.11. The SMILES string of the molecule is CCNC(=NCc1ccccc1)NCc1ccc(SC)cc1.I. The second-order valence-electron chi connectivity index (χ2n) is 4.88. The Morgan fingerprint density at radius 1 is 0.957 bits per heavy atom. The van der Waals surface area contributed by atoms with E-state index >= 15 is 0 Å². The van der Waals surface area contributed by atoms with Gasteiger partial charge >= 0.3 is 0 Å². The molecule has 0 saturated heterocycles. The molecule has 0 radical (unpaired) electrons. The van der Waals surface area contributed by atoms with Gasteiger partial charge in [-0.25, -0.2) is 4.99 Å². The lowest BCUT2D eigenvalue weighted by Crippen LogP contribution is -2.36. The van der Waals surface area contributed by atoms with E-state index in [1.165, 1.54) is 16.0 Å². The Morgan fingerprint density at radius 3 is 2.26 bits per heavy atom.